The standard InChI is InChI=1S/C16H21ClFNO/c1-19-15(13-4-3-12(18)9-14(13)17)11-5-8-20-16(10-11)6-2-7-16/h3-4,9,11,15,19H,2,5-8,10H2,1H3. The van der Waals surface area contributed by atoms with E-state index in [1.165, 1.54) is 31.4 Å². The van der Waals surface area contributed by atoms with E-state index in [9.17, 15) is 4.39 Å². The Bertz CT molecular complexity index is 489. The predicted molar refractivity (Wildman–Crippen MR) is 78.5 cm³/mol. The minimum Gasteiger partial charge on any atom is -0.375 e. The maximum absolute atomic E-state index is 13.2. The Morgan fingerprint density at radius 3 is 2.85 bits per heavy atom. The van der Waals surface area contributed by atoms with Crippen LogP contribution in [-0.4, -0.2) is 19.3 Å². The number of ether oxygens (including phenoxy) is 1. The predicted octanol–water partition coefficient (Wildman–Crippen LogP) is 4.09. The monoisotopic (exact) mass is 297 g/mol. The van der Waals surface area contributed by atoms with Crippen LogP contribution in [0.3, 0.4) is 0 Å². The summed E-state index contributed by atoms with van der Waals surface area (Å²) in [5.74, 6) is 0.216. The van der Waals surface area contributed by atoms with E-state index in [0.717, 1.165) is 25.0 Å². The van der Waals surface area contributed by atoms with Crippen LogP contribution in [0.25, 0.3) is 0 Å². The van der Waals surface area contributed by atoms with Gasteiger partial charge >= 0.3 is 0 Å². The van der Waals surface area contributed by atoms with Crippen LogP contribution in [0.2, 0.25) is 5.02 Å². The summed E-state index contributed by atoms with van der Waals surface area (Å²) in [6, 6.07) is 4.87. The molecule has 0 amide bonds. The summed E-state index contributed by atoms with van der Waals surface area (Å²) in [6.07, 6.45) is 5.73. The lowest BCUT2D eigenvalue weighted by atomic mass is 9.69. The van der Waals surface area contributed by atoms with Crippen LogP contribution >= 0.6 is 11.6 Å². The smallest absolute Gasteiger partial charge is 0.124 e. The van der Waals surface area contributed by atoms with Crippen LogP contribution in [-0.2, 0) is 4.74 Å². The Kier molecular flexibility index (Phi) is 4.02. The molecule has 1 aromatic rings. The van der Waals surface area contributed by atoms with Gasteiger partial charge in [-0.15, -0.1) is 0 Å². The molecular formula is C16H21ClFNO. The normalized spacial score (nSPS) is 26.2. The molecule has 1 aromatic carbocycles. The Morgan fingerprint density at radius 1 is 1.45 bits per heavy atom. The molecule has 1 spiro atoms. The topological polar surface area (TPSA) is 21.3 Å². The highest BCUT2D eigenvalue weighted by Crippen LogP contribution is 2.47. The lowest BCUT2D eigenvalue weighted by Crippen LogP contribution is -2.47. The summed E-state index contributed by atoms with van der Waals surface area (Å²) in [6.45, 7) is 0.821. The van der Waals surface area contributed by atoms with E-state index < -0.39 is 0 Å². The highest BCUT2D eigenvalue weighted by atomic mass is 35.5. The molecule has 1 saturated heterocycles. The first-order valence-electron chi connectivity index (χ1n) is 7.40. The van der Waals surface area contributed by atoms with Gasteiger partial charge < -0.3 is 10.1 Å². The van der Waals surface area contributed by atoms with Crippen LogP contribution in [0.15, 0.2) is 18.2 Å². The summed E-state index contributed by atoms with van der Waals surface area (Å²) in [5.41, 5.74) is 1.11. The lowest BCUT2D eigenvalue weighted by molar-refractivity contribution is -0.147. The Labute approximate surface area is 124 Å². The van der Waals surface area contributed by atoms with Crippen molar-refractivity contribution in [1.82, 2.24) is 5.32 Å². The van der Waals surface area contributed by atoms with Gasteiger partial charge in [0.15, 0.2) is 0 Å². The van der Waals surface area contributed by atoms with Gasteiger partial charge in [0, 0.05) is 17.7 Å². The second kappa shape index (κ2) is 5.63. The van der Waals surface area contributed by atoms with Crippen LogP contribution in [0, 0.1) is 11.7 Å². The third kappa shape index (κ3) is 2.59. The highest BCUT2D eigenvalue weighted by Gasteiger charge is 2.44. The van der Waals surface area contributed by atoms with Crippen molar-refractivity contribution in [3.8, 4) is 0 Å². The van der Waals surface area contributed by atoms with E-state index in [2.05, 4.69) is 5.32 Å². The van der Waals surface area contributed by atoms with Gasteiger partial charge in [-0.2, -0.15) is 0 Å². The molecule has 2 fully saturated rings. The fourth-order valence-electron chi connectivity index (χ4n) is 3.67. The fourth-order valence-corrected chi connectivity index (χ4v) is 3.95. The van der Waals surface area contributed by atoms with Crippen molar-refractivity contribution in [3.63, 3.8) is 0 Å². The molecule has 1 aliphatic carbocycles. The molecular weight excluding hydrogens is 277 g/mol. The first-order valence-corrected chi connectivity index (χ1v) is 7.77. The van der Waals surface area contributed by atoms with Gasteiger partial charge in [-0.3, -0.25) is 0 Å². The molecule has 0 bridgehead atoms. The Balaban J connectivity index is 1.81. The van der Waals surface area contributed by atoms with Gasteiger partial charge in [0.25, 0.3) is 0 Å². The molecule has 20 heavy (non-hydrogen) atoms. The molecule has 110 valence electrons. The second-order valence-corrected chi connectivity index (χ2v) is 6.48. The highest BCUT2D eigenvalue weighted by molar-refractivity contribution is 6.31. The molecule has 0 aromatic heterocycles. The molecule has 2 atom stereocenters. The third-order valence-corrected chi connectivity index (χ3v) is 5.20. The molecule has 2 unspecified atom stereocenters. The summed E-state index contributed by atoms with van der Waals surface area (Å²) in [4.78, 5) is 0. The number of nitrogens with one attached hydrogen (secondary N) is 1. The first-order chi connectivity index (χ1) is 9.63. The SMILES string of the molecule is CNC(c1ccc(F)cc1Cl)C1CCOC2(CCC2)C1. The van der Waals surface area contributed by atoms with E-state index in [1.807, 2.05) is 13.1 Å². The molecule has 1 heterocycles. The second-order valence-electron chi connectivity index (χ2n) is 6.07. The van der Waals surface area contributed by atoms with Gasteiger partial charge in [0.05, 0.1) is 5.60 Å². The zero-order valence-electron chi connectivity index (χ0n) is 11.8. The fraction of sp³-hybridized carbons (Fsp3) is 0.625. The van der Waals surface area contributed by atoms with Crippen molar-refractivity contribution in [2.45, 2.75) is 43.7 Å². The van der Waals surface area contributed by atoms with Gasteiger partial charge in [-0.05, 0) is 62.8 Å². The van der Waals surface area contributed by atoms with Gasteiger partial charge in [0.1, 0.15) is 5.82 Å². The number of hydrogen-bond acceptors (Lipinski definition) is 2. The van der Waals surface area contributed by atoms with Crippen LogP contribution < -0.4 is 5.32 Å². The number of hydrogen-bond donors (Lipinski definition) is 1. The van der Waals surface area contributed by atoms with Crippen LogP contribution in [0.1, 0.15) is 43.7 Å². The first kappa shape index (κ1) is 14.3. The zero-order valence-corrected chi connectivity index (χ0v) is 12.5. The molecule has 1 saturated carbocycles. The average molecular weight is 298 g/mol. The molecule has 0 radical (unpaired) electrons. The van der Waals surface area contributed by atoms with Crippen molar-refractivity contribution >= 4 is 11.6 Å². The summed E-state index contributed by atoms with van der Waals surface area (Å²) >= 11 is 6.23. The number of benzene rings is 1. The van der Waals surface area contributed by atoms with Crippen molar-refractivity contribution in [1.29, 1.82) is 0 Å². The average Bonchev–Trinajstić information content (AvgIpc) is 2.40. The molecule has 4 heteroatoms. The number of rotatable bonds is 3. The molecule has 1 N–H and O–H groups in total. The van der Waals surface area contributed by atoms with E-state index in [-0.39, 0.29) is 17.5 Å². The van der Waals surface area contributed by atoms with Gasteiger partial charge in [-0.1, -0.05) is 17.7 Å². The van der Waals surface area contributed by atoms with Crippen LogP contribution in [0.5, 0.6) is 0 Å². The van der Waals surface area contributed by atoms with Crippen molar-refractivity contribution in [2.75, 3.05) is 13.7 Å². The van der Waals surface area contributed by atoms with Gasteiger partial charge in [-0.25, -0.2) is 4.39 Å². The Hall–Kier alpha value is -0.640. The molecule has 2 aliphatic rings. The minimum absolute atomic E-state index is 0.116. The summed E-state index contributed by atoms with van der Waals surface area (Å²) in [5, 5.41) is 3.88. The van der Waals surface area contributed by atoms with Crippen molar-refractivity contribution < 1.29 is 9.13 Å². The lowest BCUT2D eigenvalue weighted by Gasteiger charge is -2.49. The maximum atomic E-state index is 13.2. The molecule has 1 aliphatic heterocycles. The molecule has 3 rings (SSSR count). The van der Waals surface area contributed by atoms with Crippen molar-refractivity contribution in [3.05, 3.63) is 34.6 Å². The zero-order chi connectivity index (χ0) is 14.2. The Morgan fingerprint density at radius 2 is 2.25 bits per heavy atom. The van der Waals surface area contributed by atoms with Crippen molar-refractivity contribution in [2.24, 2.45) is 5.92 Å². The van der Waals surface area contributed by atoms with E-state index in [1.54, 1.807) is 0 Å². The van der Waals surface area contributed by atoms with Gasteiger partial charge in [0.2, 0.25) is 0 Å². The largest absolute Gasteiger partial charge is 0.375 e. The number of halogens is 2. The summed E-state index contributed by atoms with van der Waals surface area (Å²) in [7, 11) is 1.95. The minimum atomic E-state index is -0.281. The van der Waals surface area contributed by atoms with Crippen LogP contribution in [0.4, 0.5) is 4.39 Å². The maximum Gasteiger partial charge on any atom is 0.124 e. The molecule has 2 nitrogen and oxygen atoms in total. The van der Waals surface area contributed by atoms with E-state index in [4.69, 9.17) is 16.3 Å². The summed E-state index contributed by atoms with van der Waals surface area (Å²) < 4.78 is 19.2. The van der Waals surface area contributed by atoms with E-state index in [0.29, 0.717) is 10.9 Å². The quantitative estimate of drug-likeness (QED) is 0.907. The van der Waals surface area contributed by atoms with E-state index >= 15 is 0 Å². The third-order valence-electron chi connectivity index (χ3n) is 4.88.